The molecule has 0 saturated carbocycles. The molecule has 2 rings (SSSR count). The van der Waals surface area contributed by atoms with Crippen molar-refractivity contribution >= 4 is 23.4 Å². The highest BCUT2D eigenvalue weighted by molar-refractivity contribution is 7.99. The minimum absolute atomic E-state index is 0.215. The fraction of sp³-hybridized carbons (Fsp3) is 0.143. The van der Waals surface area contributed by atoms with Gasteiger partial charge in [-0.2, -0.15) is 0 Å². The number of nitrogens with one attached hydrogen (secondary N) is 1. The predicted molar refractivity (Wildman–Crippen MR) is 74.7 cm³/mol. The first-order valence-corrected chi connectivity index (χ1v) is 6.76. The minimum atomic E-state index is -0.215. The van der Waals surface area contributed by atoms with E-state index in [1.165, 1.54) is 17.8 Å². The zero-order valence-electron chi connectivity index (χ0n) is 9.91. The van der Waals surface area contributed by atoms with Crippen LogP contribution < -0.4 is 5.32 Å². The average molecular weight is 282 g/mol. The largest absolute Gasteiger partial charge is 0.316 e. The van der Waals surface area contributed by atoms with E-state index < -0.39 is 0 Å². The maximum Gasteiger partial charge on any atom is 0.137 e. The summed E-state index contributed by atoms with van der Waals surface area (Å²) in [5.41, 5.74) is 0.933. The molecule has 0 aliphatic carbocycles. The van der Waals surface area contributed by atoms with E-state index in [0.29, 0.717) is 16.5 Å². The predicted octanol–water partition coefficient (Wildman–Crippen LogP) is 4.35. The molecule has 0 spiro atoms. The highest BCUT2D eigenvalue weighted by Crippen LogP contribution is 2.36. The van der Waals surface area contributed by atoms with Gasteiger partial charge in [0.2, 0.25) is 0 Å². The van der Waals surface area contributed by atoms with Crippen molar-refractivity contribution in [3.8, 4) is 0 Å². The molecule has 0 radical (unpaired) electrons. The monoisotopic (exact) mass is 281 g/mol. The van der Waals surface area contributed by atoms with E-state index in [0.717, 1.165) is 10.5 Å². The van der Waals surface area contributed by atoms with Crippen LogP contribution >= 0.6 is 23.4 Å². The molecule has 4 heteroatoms. The summed E-state index contributed by atoms with van der Waals surface area (Å²) in [6, 6.07) is 12.6. The molecule has 1 N–H and O–H groups in total. The summed E-state index contributed by atoms with van der Waals surface area (Å²) in [5, 5.41) is 3.68. The second kappa shape index (κ2) is 6.23. The first kappa shape index (κ1) is 13.4. The van der Waals surface area contributed by atoms with E-state index in [1.807, 2.05) is 37.4 Å². The van der Waals surface area contributed by atoms with Gasteiger partial charge in [0.1, 0.15) is 5.82 Å². The van der Waals surface area contributed by atoms with Crippen molar-refractivity contribution < 1.29 is 4.39 Å². The Morgan fingerprint density at radius 3 is 2.67 bits per heavy atom. The van der Waals surface area contributed by atoms with Gasteiger partial charge in [-0.25, -0.2) is 4.39 Å². The first-order chi connectivity index (χ1) is 8.72. The van der Waals surface area contributed by atoms with Crippen molar-refractivity contribution in [3.05, 3.63) is 58.9 Å². The summed E-state index contributed by atoms with van der Waals surface area (Å²) in [6.07, 6.45) is 0. The molecule has 0 bridgehead atoms. The molecule has 94 valence electrons. The fourth-order valence-electron chi connectivity index (χ4n) is 1.63. The zero-order valence-corrected chi connectivity index (χ0v) is 11.5. The molecule has 0 aliphatic rings. The van der Waals surface area contributed by atoms with Crippen LogP contribution in [0.4, 0.5) is 4.39 Å². The van der Waals surface area contributed by atoms with E-state index in [9.17, 15) is 4.39 Å². The minimum Gasteiger partial charge on any atom is -0.316 e. The Morgan fingerprint density at radius 1 is 1.17 bits per heavy atom. The topological polar surface area (TPSA) is 12.0 Å². The Kier molecular flexibility index (Phi) is 4.64. The first-order valence-electron chi connectivity index (χ1n) is 5.56. The van der Waals surface area contributed by atoms with Gasteiger partial charge in [-0.3, -0.25) is 0 Å². The third kappa shape index (κ3) is 3.05. The molecule has 0 atom stereocenters. The van der Waals surface area contributed by atoms with Crippen LogP contribution in [0.25, 0.3) is 0 Å². The fourth-order valence-corrected chi connectivity index (χ4v) is 2.86. The van der Waals surface area contributed by atoms with Crippen LogP contribution in [0.2, 0.25) is 5.02 Å². The third-order valence-corrected chi connectivity index (χ3v) is 4.14. The molecular weight excluding hydrogens is 269 g/mol. The quantitative estimate of drug-likeness (QED) is 0.894. The molecule has 2 aromatic carbocycles. The highest BCUT2D eigenvalue weighted by Gasteiger charge is 2.11. The van der Waals surface area contributed by atoms with Crippen molar-refractivity contribution in [2.45, 2.75) is 16.3 Å². The molecule has 0 aromatic heterocycles. The lowest BCUT2D eigenvalue weighted by atomic mass is 10.2. The third-order valence-electron chi connectivity index (χ3n) is 2.46. The normalized spacial score (nSPS) is 10.6. The van der Waals surface area contributed by atoms with Crippen molar-refractivity contribution in [2.75, 3.05) is 7.05 Å². The second-order valence-electron chi connectivity index (χ2n) is 3.79. The van der Waals surface area contributed by atoms with Gasteiger partial charge >= 0.3 is 0 Å². The van der Waals surface area contributed by atoms with Gasteiger partial charge in [0, 0.05) is 11.4 Å². The summed E-state index contributed by atoms with van der Waals surface area (Å²) in [5.74, 6) is -0.215. The van der Waals surface area contributed by atoms with Gasteiger partial charge < -0.3 is 5.32 Å². The molecule has 0 amide bonds. The van der Waals surface area contributed by atoms with Crippen LogP contribution in [0.1, 0.15) is 5.56 Å². The standard InChI is InChI=1S/C14H13ClFNS/c1-17-9-10-5-4-7-12(16)14(10)18-13-8-3-2-6-11(13)15/h2-8,17H,9H2,1H3. The van der Waals surface area contributed by atoms with Crippen LogP contribution in [-0.2, 0) is 6.54 Å². The van der Waals surface area contributed by atoms with Crippen molar-refractivity contribution in [2.24, 2.45) is 0 Å². The lowest BCUT2D eigenvalue weighted by Crippen LogP contribution is -2.06. The molecule has 1 nitrogen and oxygen atoms in total. The van der Waals surface area contributed by atoms with E-state index in [4.69, 9.17) is 11.6 Å². The van der Waals surface area contributed by atoms with Gasteiger partial charge in [-0.15, -0.1) is 0 Å². The summed E-state index contributed by atoms with van der Waals surface area (Å²) < 4.78 is 13.9. The Morgan fingerprint density at radius 2 is 1.94 bits per heavy atom. The van der Waals surface area contributed by atoms with Gasteiger partial charge in [0.05, 0.1) is 9.92 Å². The maximum absolute atomic E-state index is 13.9. The molecule has 0 heterocycles. The maximum atomic E-state index is 13.9. The molecule has 0 unspecified atom stereocenters. The molecule has 18 heavy (non-hydrogen) atoms. The van der Waals surface area contributed by atoms with E-state index in [1.54, 1.807) is 6.07 Å². The Hall–Kier alpha value is -1.03. The lowest BCUT2D eigenvalue weighted by molar-refractivity contribution is 0.594. The summed E-state index contributed by atoms with van der Waals surface area (Å²) >= 11 is 7.46. The number of halogens is 2. The Labute approximate surface area is 115 Å². The highest BCUT2D eigenvalue weighted by atomic mass is 35.5. The molecule has 0 saturated heterocycles. The van der Waals surface area contributed by atoms with Gasteiger partial charge in [0.25, 0.3) is 0 Å². The average Bonchev–Trinajstić information content (AvgIpc) is 2.36. The van der Waals surface area contributed by atoms with Gasteiger partial charge in [0.15, 0.2) is 0 Å². The SMILES string of the molecule is CNCc1cccc(F)c1Sc1ccccc1Cl. The lowest BCUT2D eigenvalue weighted by Gasteiger charge is -2.10. The van der Waals surface area contributed by atoms with Crippen LogP contribution in [-0.4, -0.2) is 7.05 Å². The van der Waals surface area contributed by atoms with E-state index >= 15 is 0 Å². The van der Waals surface area contributed by atoms with Crippen molar-refractivity contribution in [3.63, 3.8) is 0 Å². The van der Waals surface area contributed by atoms with E-state index in [2.05, 4.69) is 5.32 Å². The number of hydrogen-bond donors (Lipinski definition) is 1. The zero-order chi connectivity index (χ0) is 13.0. The van der Waals surface area contributed by atoms with Crippen LogP contribution in [0, 0.1) is 5.82 Å². The summed E-state index contributed by atoms with van der Waals surface area (Å²) in [6.45, 7) is 0.630. The Balaban J connectivity index is 2.36. The van der Waals surface area contributed by atoms with Crippen molar-refractivity contribution in [1.82, 2.24) is 5.32 Å². The molecular formula is C14H13ClFNS. The van der Waals surface area contributed by atoms with Crippen LogP contribution in [0.5, 0.6) is 0 Å². The second-order valence-corrected chi connectivity index (χ2v) is 5.25. The number of rotatable bonds is 4. The molecule has 0 fully saturated rings. The Bertz CT molecular complexity index is 545. The van der Waals surface area contributed by atoms with Gasteiger partial charge in [-0.05, 0) is 30.8 Å². The van der Waals surface area contributed by atoms with E-state index in [-0.39, 0.29) is 5.82 Å². The van der Waals surface area contributed by atoms with Crippen LogP contribution in [0.15, 0.2) is 52.3 Å². The number of hydrogen-bond acceptors (Lipinski definition) is 2. The van der Waals surface area contributed by atoms with Crippen LogP contribution in [0.3, 0.4) is 0 Å². The summed E-state index contributed by atoms with van der Waals surface area (Å²) in [7, 11) is 1.84. The number of benzene rings is 2. The molecule has 2 aromatic rings. The summed E-state index contributed by atoms with van der Waals surface area (Å²) in [4.78, 5) is 1.49. The molecule has 0 aliphatic heterocycles. The van der Waals surface area contributed by atoms with Crippen molar-refractivity contribution in [1.29, 1.82) is 0 Å². The van der Waals surface area contributed by atoms with Gasteiger partial charge in [-0.1, -0.05) is 47.6 Å². The smallest absolute Gasteiger partial charge is 0.137 e.